The van der Waals surface area contributed by atoms with E-state index >= 15 is 0 Å². The summed E-state index contributed by atoms with van der Waals surface area (Å²) in [4.78, 5) is 0. The van der Waals surface area contributed by atoms with E-state index in [1.165, 1.54) is 36.2 Å². The first-order chi connectivity index (χ1) is 6.56. The van der Waals surface area contributed by atoms with Crippen LogP contribution in [0.2, 0.25) is 0 Å². The summed E-state index contributed by atoms with van der Waals surface area (Å²) in [6.07, 6.45) is 4.91. The molecule has 80 valence electrons. The summed E-state index contributed by atoms with van der Waals surface area (Å²) >= 11 is 0. The lowest BCUT2D eigenvalue weighted by Gasteiger charge is -2.13. The van der Waals surface area contributed by atoms with Crippen molar-refractivity contribution in [3.8, 4) is 0 Å². The smallest absolute Gasteiger partial charge is 0.0248 e. The lowest BCUT2D eigenvalue weighted by molar-refractivity contribution is 0.442. The van der Waals surface area contributed by atoms with Crippen molar-refractivity contribution >= 4 is 0 Å². The highest BCUT2D eigenvalue weighted by Gasteiger charge is 2.07. The maximum atomic E-state index is 2.41. The predicted octanol–water partition coefficient (Wildman–Crippen LogP) is 3.85. The normalized spacial score (nSPS) is 13.2. The molecule has 0 aliphatic rings. The van der Waals surface area contributed by atoms with Crippen LogP contribution in [0.1, 0.15) is 43.5 Å². The monoisotopic (exact) mass is 193 g/mol. The molecule has 0 aliphatic carbocycles. The molecule has 0 spiro atoms. The fourth-order valence-corrected chi connectivity index (χ4v) is 2.04. The molecule has 1 nitrogen and oxygen atoms in total. The van der Waals surface area contributed by atoms with Crippen LogP contribution < -0.4 is 0 Å². The average molecular weight is 193 g/mol. The van der Waals surface area contributed by atoms with E-state index in [9.17, 15) is 0 Å². The maximum Gasteiger partial charge on any atom is 0.0248 e. The molecule has 1 atom stereocenters. The van der Waals surface area contributed by atoms with Crippen LogP contribution in [0.15, 0.2) is 6.20 Å². The summed E-state index contributed by atoms with van der Waals surface area (Å²) in [5.74, 6) is 0.796. The van der Waals surface area contributed by atoms with Gasteiger partial charge in [0.1, 0.15) is 0 Å². The van der Waals surface area contributed by atoms with Crippen molar-refractivity contribution in [2.45, 2.75) is 54.0 Å². The van der Waals surface area contributed by atoms with E-state index in [0.29, 0.717) is 0 Å². The Kier molecular flexibility index (Phi) is 3.79. The first-order valence-electron chi connectivity index (χ1n) is 5.69. The SMILES string of the molecule is CCCC(C)Cn1cc(C)c(C)c1C. The Labute approximate surface area is 88.1 Å². The average Bonchev–Trinajstić information content (AvgIpc) is 2.34. The minimum atomic E-state index is 0.796. The van der Waals surface area contributed by atoms with Crippen LogP contribution in [-0.2, 0) is 6.54 Å². The second kappa shape index (κ2) is 4.68. The largest absolute Gasteiger partial charge is 0.351 e. The second-order valence-corrected chi connectivity index (χ2v) is 4.57. The van der Waals surface area contributed by atoms with Crippen LogP contribution >= 0.6 is 0 Å². The van der Waals surface area contributed by atoms with Gasteiger partial charge in [-0.25, -0.2) is 0 Å². The zero-order chi connectivity index (χ0) is 10.7. The molecule has 0 fully saturated rings. The van der Waals surface area contributed by atoms with E-state index in [1.54, 1.807) is 0 Å². The molecule has 0 N–H and O–H groups in total. The Morgan fingerprint density at radius 2 is 1.93 bits per heavy atom. The van der Waals surface area contributed by atoms with Crippen molar-refractivity contribution in [3.05, 3.63) is 23.0 Å². The molecule has 0 saturated carbocycles. The summed E-state index contributed by atoms with van der Waals surface area (Å²) in [6.45, 7) is 12.4. The van der Waals surface area contributed by atoms with Crippen LogP contribution in [0, 0.1) is 26.7 Å². The molecule has 14 heavy (non-hydrogen) atoms. The molecule has 0 saturated heterocycles. The van der Waals surface area contributed by atoms with Gasteiger partial charge in [0.05, 0.1) is 0 Å². The second-order valence-electron chi connectivity index (χ2n) is 4.57. The zero-order valence-electron chi connectivity index (χ0n) is 10.2. The third-order valence-electron chi connectivity index (χ3n) is 3.20. The Hall–Kier alpha value is -0.720. The van der Waals surface area contributed by atoms with Crippen molar-refractivity contribution in [3.63, 3.8) is 0 Å². The number of hydrogen-bond donors (Lipinski definition) is 0. The molecule has 1 rings (SSSR count). The summed E-state index contributed by atoms with van der Waals surface area (Å²) < 4.78 is 2.41. The Bertz CT molecular complexity index is 296. The lowest BCUT2D eigenvalue weighted by Crippen LogP contribution is -2.07. The van der Waals surface area contributed by atoms with Crippen molar-refractivity contribution < 1.29 is 0 Å². The van der Waals surface area contributed by atoms with Gasteiger partial charge >= 0.3 is 0 Å². The fourth-order valence-electron chi connectivity index (χ4n) is 2.04. The van der Waals surface area contributed by atoms with Gasteiger partial charge in [-0.1, -0.05) is 20.3 Å². The van der Waals surface area contributed by atoms with Gasteiger partial charge in [0.15, 0.2) is 0 Å². The summed E-state index contributed by atoms with van der Waals surface area (Å²) in [6, 6.07) is 0. The van der Waals surface area contributed by atoms with Crippen LogP contribution in [-0.4, -0.2) is 4.57 Å². The lowest BCUT2D eigenvalue weighted by atomic mass is 10.1. The van der Waals surface area contributed by atoms with Crippen molar-refractivity contribution in [2.75, 3.05) is 0 Å². The highest BCUT2D eigenvalue weighted by Crippen LogP contribution is 2.17. The van der Waals surface area contributed by atoms with E-state index < -0.39 is 0 Å². The van der Waals surface area contributed by atoms with Crippen LogP contribution in [0.3, 0.4) is 0 Å². The first-order valence-corrected chi connectivity index (χ1v) is 5.69. The van der Waals surface area contributed by atoms with E-state index in [1.807, 2.05) is 0 Å². The van der Waals surface area contributed by atoms with E-state index in [4.69, 9.17) is 0 Å². The molecule has 1 heteroatoms. The summed E-state index contributed by atoms with van der Waals surface area (Å²) in [7, 11) is 0. The number of rotatable bonds is 4. The molecule has 0 amide bonds. The van der Waals surface area contributed by atoms with E-state index in [0.717, 1.165) is 5.92 Å². The highest BCUT2D eigenvalue weighted by molar-refractivity contribution is 5.28. The van der Waals surface area contributed by atoms with Gasteiger partial charge in [0.25, 0.3) is 0 Å². The van der Waals surface area contributed by atoms with Crippen LogP contribution in [0.4, 0.5) is 0 Å². The van der Waals surface area contributed by atoms with Gasteiger partial charge in [0.2, 0.25) is 0 Å². The molecule has 0 bridgehead atoms. The van der Waals surface area contributed by atoms with Gasteiger partial charge < -0.3 is 4.57 Å². The molecular formula is C13H23N. The molecule has 1 aromatic rings. The van der Waals surface area contributed by atoms with Gasteiger partial charge in [-0.3, -0.25) is 0 Å². The van der Waals surface area contributed by atoms with Gasteiger partial charge in [-0.05, 0) is 44.2 Å². The van der Waals surface area contributed by atoms with Gasteiger partial charge in [-0.15, -0.1) is 0 Å². The predicted molar refractivity (Wildman–Crippen MR) is 62.7 cm³/mol. The number of aromatic nitrogens is 1. The summed E-state index contributed by atoms with van der Waals surface area (Å²) in [5.41, 5.74) is 4.31. The van der Waals surface area contributed by atoms with E-state index in [2.05, 4.69) is 45.4 Å². The molecule has 0 radical (unpaired) electrons. The first kappa shape index (κ1) is 11.4. The van der Waals surface area contributed by atoms with Crippen LogP contribution in [0.25, 0.3) is 0 Å². The van der Waals surface area contributed by atoms with E-state index in [-0.39, 0.29) is 0 Å². The quantitative estimate of drug-likeness (QED) is 0.684. The third-order valence-corrected chi connectivity index (χ3v) is 3.20. The maximum absolute atomic E-state index is 2.41. The number of aryl methyl sites for hydroxylation is 1. The molecule has 0 aromatic carbocycles. The molecule has 0 aliphatic heterocycles. The standard InChI is InChI=1S/C13H23N/c1-6-7-10(2)8-14-9-11(3)12(4)13(14)5/h9-10H,6-8H2,1-5H3. The van der Waals surface area contributed by atoms with Crippen molar-refractivity contribution in [2.24, 2.45) is 5.92 Å². The highest BCUT2D eigenvalue weighted by atomic mass is 15.0. The van der Waals surface area contributed by atoms with Crippen molar-refractivity contribution in [1.82, 2.24) is 4.57 Å². The zero-order valence-corrected chi connectivity index (χ0v) is 10.2. The molecular weight excluding hydrogens is 170 g/mol. The van der Waals surface area contributed by atoms with Crippen molar-refractivity contribution in [1.29, 1.82) is 0 Å². The summed E-state index contributed by atoms with van der Waals surface area (Å²) in [5, 5.41) is 0. The number of nitrogens with zero attached hydrogens (tertiary/aromatic N) is 1. The molecule has 1 aromatic heterocycles. The number of hydrogen-bond acceptors (Lipinski definition) is 0. The minimum absolute atomic E-state index is 0.796. The Balaban J connectivity index is 2.72. The van der Waals surface area contributed by atoms with Gasteiger partial charge in [-0.2, -0.15) is 0 Å². The van der Waals surface area contributed by atoms with Gasteiger partial charge in [0, 0.05) is 18.4 Å². The third kappa shape index (κ3) is 2.40. The Morgan fingerprint density at radius 1 is 1.29 bits per heavy atom. The Morgan fingerprint density at radius 3 is 2.36 bits per heavy atom. The molecule has 1 heterocycles. The minimum Gasteiger partial charge on any atom is -0.351 e. The fraction of sp³-hybridized carbons (Fsp3) is 0.692. The topological polar surface area (TPSA) is 4.93 Å². The molecule has 1 unspecified atom stereocenters. The van der Waals surface area contributed by atoms with Crippen LogP contribution in [0.5, 0.6) is 0 Å².